The third kappa shape index (κ3) is 4.30. The Labute approximate surface area is 176 Å². The highest BCUT2D eigenvalue weighted by Crippen LogP contribution is 2.40. The molecule has 0 spiro atoms. The predicted octanol–water partition coefficient (Wildman–Crippen LogP) is 2.70. The summed E-state index contributed by atoms with van der Waals surface area (Å²) in [7, 11) is 1.39. The van der Waals surface area contributed by atoms with Crippen molar-refractivity contribution >= 4 is 23.5 Å². The number of carbonyl (C=O) groups is 4. The number of hydrogen-bond donors (Lipinski definition) is 0. The molecule has 0 radical (unpaired) electrons. The summed E-state index contributed by atoms with van der Waals surface area (Å²) in [4.78, 5) is 53.7. The molecule has 0 N–H and O–H groups in total. The lowest BCUT2D eigenvalue weighted by Gasteiger charge is -2.35. The third-order valence-corrected chi connectivity index (χ3v) is 6.21. The fourth-order valence-corrected chi connectivity index (χ4v) is 4.54. The number of hydrogen-bond acceptors (Lipinski definition) is 4. The number of rotatable bonds is 6. The van der Waals surface area contributed by atoms with Gasteiger partial charge in [-0.15, -0.1) is 0 Å². The van der Waals surface area contributed by atoms with Gasteiger partial charge in [0.25, 0.3) is 0 Å². The maximum atomic E-state index is 13.9. The highest BCUT2D eigenvalue weighted by Gasteiger charge is 2.53. The van der Waals surface area contributed by atoms with Gasteiger partial charge >= 0.3 is 0 Å². The van der Waals surface area contributed by atoms with E-state index < -0.39 is 17.1 Å². The van der Waals surface area contributed by atoms with Crippen LogP contribution in [0.4, 0.5) is 4.39 Å². The zero-order valence-corrected chi connectivity index (χ0v) is 17.8. The van der Waals surface area contributed by atoms with E-state index >= 15 is 0 Å². The number of carbonyl (C=O) groups excluding carboxylic acids is 4. The molecule has 2 fully saturated rings. The molecule has 3 rings (SSSR count). The predicted molar refractivity (Wildman–Crippen MR) is 109 cm³/mol. The number of Topliss-reactive ketones (excluding diaryl/α,β-unsaturated/α-hetero) is 1. The Morgan fingerprint density at radius 1 is 1.27 bits per heavy atom. The summed E-state index contributed by atoms with van der Waals surface area (Å²) < 4.78 is 13.9. The number of imide groups is 1. The highest BCUT2D eigenvalue weighted by atomic mass is 19.1. The van der Waals surface area contributed by atoms with Gasteiger partial charge < -0.3 is 4.90 Å². The molecule has 7 heteroatoms. The second kappa shape index (κ2) is 8.66. The fourth-order valence-electron chi connectivity index (χ4n) is 4.54. The van der Waals surface area contributed by atoms with E-state index in [1.807, 2.05) is 13.8 Å². The first kappa shape index (κ1) is 22.1. The van der Waals surface area contributed by atoms with Crippen LogP contribution in [0.25, 0.3) is 0 Å². The topological polar surface area (TPSA) is 74.8 Å². The van der Waals surface area contributed by atoms with Gasteiger partial charge in [-0.3, -0.25) is 24.1 Å². The molecule has 0 bridgehead atoms. The van der Waals surface area contributed by atoms with Crippen molar-refractivity contribution in [1.29, 1.82) is 0 Å². The Morgan fingerprint density at radius 2 is 2.00 bits per heavy atom. The molecule has 2 aliphatic heterocycles. The van der Waals surface area contributed by atoms with Gasteiger partial charge in [-0.05, 0) is 36.5 Å². The number of benzene rings is 1. The summed E-state index contributed by atoms with van der Waals surface area (Å²) in [6.45, 7) is 4.83. The van der Waals surface area contributed by atoms with Gasteiger partial charge in [-0.1, -0.05) is 26.0 Å². The van der Waals surface area contributed by atoms with Crippen molar-refractivity contribution < 1.29 is 23.6 Å². The van der Waals surface area contributed by atoms with Gasteiger partial charge in [-0.25, -0.2) is 4.39 Å². The van der Waals surface area contributed by atoms with Crippen molar-refractivity contribution in [3.8, 4) is 0 Å². The van der Waals surface area contributed by atoms with E-state index in [2.05, 4.69) is 0 Å². The number of halogens is 1. The molecule has 162 valence electrons. The second-order valence-corrected chi connectivity index (χ2v) is 8.95. The van der Waals surface area contributed by atoms with E-state index in [-0.39, 0.29) is 42.3 Å². The number of ketones is 1. The first-order valence-corrected chi connectivity index (χ1v) is 10.5. The average Bonchev–Trinajstić information content (AvgIpc) is 2.92. The van der Waals surface area contributed by atoms with Gasteiger partial charge in [0.1, 0.15) is 11.6 Å². The molecule has 0 aliphatic carbocycles. The maximum Gasteiger partial charge on any atom is 0.240 e. The number of amides is 3. The quantitative estimate of drug-likeness (QED) is 0.669. The Hall–Kier alpha value is -2.57. The molecule has 2 aliphatic rings. The van der Waals surface area contributed by atoms with Crippen molar-refractivity contribution in [2.24, 2.45) is 11.8 Å². The number of likely N-dealkylation sites (tertiary alicyclic amines) is 2. The Bertz CT molecular complexity index is 869. The standard InChI is InChI=1S/C23H29FN2O4/c1-15(2)10-19(27)16-6-5-9-26(14-16)21(29)13-23(12-20(28)25(3)22(23)30)17-7-4-8-18(24)11-17/h4,7-8,11,15-16H,5-6,9-10,12-14H2,1-3H3/t16-,23+/m1/s1. The first-order chi connectivity index (χ1) is 14.1. The van der Waals surface area contributed by atoms with Crippen molar-refractivity contribution in [1.82, 2.24) is 9.80 Å². The normalized spacial score (nSPS) is 24.6. The lowest BCUT2D eigenvalue weighted by atomic mass is 9.75. The smallest absolute Gasteiger partial charge is 0.240 e. The lowest BCUT2D eigenvalue weighted by Crippen LogP contribution is -2.47. The van der Waals surface area contributed by atoms with Crippen LogP contribution in [0.15, 0.2) is 24.3 Å². The number of piperidine rings is 1. The molecule has 2 saturated heterocycles. The summed E-state index contributed by atoms with van der Waals surface area (Å²) in [5.74, 6) is -1.45. The largest absolute Gasteiger partial charge is 0.342 e. The van der Waals surface area contributed by atoms with E-state index in [0.717, 1.165) is 17.7 Å². The molecule has 1 aromatic carbocycles. The van der Waals surface area contributed by atoms with Crippen molar-refractivity contribution in [3.63, 3.8) is 0 Å². The molecule has 3 amide bonds. The number of nitrogens with zero attached hydrogens (tertiary/aromatic N) is 2. The first-order valence-electron chi connectivity index (χ1n) is 10.5. The molecule has 1 aromatic rings. The summed E-state index contributed by atoms with van der Waals surface area (Å²) in [6.07, 6.45) is 1.58. The van der Waals surface area contributed by atoms with Crippen LogP contribution in [-0.2, 0) is 24.6 Å². The van der Waals surface area contributed by atoms with Crippen LogP contribution < -0.4 is 0 Å². The van der Waals surface area contributed by atoms with Crippen molar-refractivity contribution in [3.05, 3.63) is 35.6 Å². The molecule has 30 heavy (non-hydrogen) atoms. The van der Waals surface area contributed by atoms with Gasteiger partial charge in [0.05, 0.1) is 5.41 Å². The van der Waals surface area contributed by atoms with Crippen LogP contribution in [-0.4, -0.2) is 53.4 Å². The van der Waals surface area contributed by atoms with Crippen LogP contribution in [0.1, 0.15) is 51.5 Å². The average molecular weight is 416 g/mol. The molecule has 0 aromatic heterocycles. The molecule has 0 saturated carbocycles. The molecular formula is C23H29FN2O4. The fraction of sp³-hybridized carbons (Fsp3) is 0.565. The van der Waals surface area contributed by atoms with E-state index in [1.54, 1.807) is 11.0 Å². The highest BCUT2D eigenvalue weighted by molar-refractivity contribution is 6.10. The lowest BCUT2D eigenvalue weighted by molar-refractivity contribution is -0.143. The van der Waals surface area contributed by atoms with Gasteiger partial charge in [0, 0.05) is 45.3 Å². The van der Waals surface area contributed by atoms with Crippen molar-refractivity contribution in [2.75, 3.05) is 20.1 Å². The SMILES string of the molecule is CC(C)CC(=O)[C@@H]1CCCN(C(=O)C[C@]2(c3cccc(F)c3)CC(=O)N(C)C2=O)C1. The second-order valence-electron chi connectivity index (χ2n) is 8.95. The van der Waals surface area contributed by atoms with Crippen LogP contribution in [0.2, 0.25) is 0 Å². The minimum Gasteiger partial charge on any atom is -0.342 e. The summed E-state index contributed by atoms with van der Waals surface area (Å²) in [6, 6.07) is 5.56. The van der Waals surface area contributed by atoms with E-state index in [9.17, 15) is 23.6 Å². The molecule has 0 unspecified atom stereocenters. The summed E-state index contributed by atoms with van der Waals surface area (Å²) >= 11 is 0. The zero-order chi connectivity index (χ0) is 22.1. The zero-order valence-electron chi connectivity index (χ0n) is 17.8. The van der Waals surface area contributed by atoms with Crippen LogP contribution in [0.5, 0.6) is 0 Å². The Balaban J connectivity index is 1.83. The third-order valence-electron chi connectivity index (χ3n) is 6.21. The van der Waals surface area contributed by atoms with Gasteiger partial charge in [-0.2, -0.15) is 0 Å². The van der Waals surface area contributed by atoms with Crippen molar-refractivity contribution in [2.45, 2.75) is 51.4 Å². The maximum absolute atomic E-state index is 13.9. The molecular weight excluding hydrogens is 387 g/mol. The van der Waals surface area contributed by atoms with Crippen LogP contribution in [0, 0.1) is 17.7 Å². The van der Waals surface area contributed by atoms with Crippen LogP contribution >= 0.6 is 0 Å². The van der Waals surface area contributed by atoms with E-state index in [0.29, 0.717) is 25.1 Å². The minimum atomic E-state index is -1.40. The Morgan fingerprint density at radius 3 is 2.60 bits per heavy atom. The van der Waals surface area contributed by atoms with Crippen LogP contribution in [0.3, 0.4) is 0 Å². The monoisotopic (exact) mass is 416 g/mol. The van der Waals surface area contributed by atoms with Gasteiger partial charge in [0.2, 0.25) is 17.7 Å². The molecule has 6 nitrogen and oxygen atoms in total. The Kier molecular flexibility index (Phi) is 6.38. The summed E-state index contributed by atoms with van der Waals surface area (Å²) in [5.41, 5.74) is -1.07. The molecule has 2 atom stereocenters. The number of likely N-dealkylation sites (N-methyl/N-ethyl adjacent to an activating group) is 1. The van der Waals surface area contributed by atoms with Gasteiger partial charge in [0.15, 0.2) is 0 Å². The summed E-state index contributed by atoms with van der Waals surface area (Å²) in [5, 5.41) is 0. The van der Waals surface area contributed by atoms with E-state index in [1.165, 1.54) is 25.2 Å². The molecule has 2 heterocycles. The minimum absolute atomic E-state index is 0.161. The van der Waals surface area contributed by atoms with E-state index in [4.69, 9.17) is 0 Å².